The third kappa shape index (κ3) is 10.6. The molecule has 0 bridgehead atoms. The number of nitrogens with zero attached hydrogens (tertiary/aromatic N) is 3. The molecule has 2 rings (SSSR count). The van der Waals surface area contributed by atoms with Crippen LogP contribution < -0.4 is 5.32 Å². The first kappa shape index (κ1) is 33.9. The van der Waals surface area contributed by atoms with E-state index >= 15 is 0 Å². The minimum absolute atomic E-state index is 0.0385. The molecule has 0 aliphatic heterocycles. The summed E-state index contributed by atoms with van der Waals surface area (Å²) in [7, 11) is -7.91. The zero-order valence-corrected chi connectivity index (χ0v) is 26.5. The maximum absolute atomic E-state index is 13.2. The predicted octanol–water partition coefficient (Wildman–Crippen LogP) is 6.89. The Labute approximate surface area is 241 Å². The molecular formula is C29H48N4O5S2. The highest BCUT2D eigenvalue weighted by molar-refractivity contribution is 7.91. The van der Waals surface area contributed by atoms with Crippen LogP contribution in [0, 0.1) is 0 Å². The average molecular weight is 597 g/mol. The zero-order chi connectivity index (χ0) is 29.8. The lowest BCUT2D eigenvalue weighted by atomic mass is 9.86. The number of hydrogen-bond donors (Lipinski definition) is 2. The first-order chi connectivity index (χ1) is 18.8. The van der Waals surface area contributed by atoms with Crippen molar-refractivity contribution in [3.63, 3.8) is 0 Å². The minimum Gasteiger partial charge on any atom is -0.505 e. The first-order valence-corrected chi connectivity index (χ1v) is 17.9. The van der Waals surface area contributed by atoms with Crippen molar-refractivity contribution in [1.82, 2.24) is 15.0 Å². The maximum Gasteiger partial charge on any atom is 0.253 e. The van der Waals surface area contributed by atoms with Crippen molar-refractivity contribution in [2.24, 2.45) is 0 Å². The van der Waals surface area contributed by atoms with E-state index in [1.807, 2.05) is 20.8 Å². The number of benzene rings is 1. The second-order valence-corrected chi connectivity index (χ2v) is 15.5. The van der Waals surface area contributed by atoms with E-state index in [9.17, 15) is 21.9 Å². The van der Waals surface area contributed by atoms with Crippen molar-refractivity contribution < 1.29 is 21.9 Å². The van der Waals surface area contributed by atoms with Crippen molar-refractivity contribution in [3.8, 4) is 5.75 Å². The second-order valence-electron chi connectivity index (χ2n) is 11.5. The van der Waals surface area contributed by atoms with Crippen LogP contribution in [-0.2, 0) is 25.1 Å². The molecule has 0 spiro atoms. The third-order valence-electron chi connectivity index (χ3n) is 6.77. The van der Waals surface area contributed by atoms with Crippen molar-refractivity contribution in [1.29, 1.82) is 0 Å². The van der Waals surface area contributed by atoms with Crippen LogP contribution in [0.5, 0.6) is 5.75 Å². The van der Waals surface area contributed by atoms with E-state index in [0.717, 1.165) is 64.2 Å². The van der Waals surface area contributed by atoms with Gasteiger partial charge < -0.3 is 10.4 Å². The first-order valence-electron chi connectivity index (χ1n) is 14.6. The van der Waals surface area contributed by atoms with Crippen molar-refractivity contribution in [3.05, 3.63) is 23.8 Å². The van der Waals surface area contributed by atoms with Crippen LogP contribution in [0.25, 0.3) is 0 Å². The van der Waals surface area contributed by atoms with Crippen LogP contribution >= 0.6 is 0 Å². The minimum atomic E-state index is -3.96. The number of sulfone groups is 2. The second kappa shape index (κ2) is 15.7. The number of hydrogen-bond acceptors (Lipinski definition) is 9. The van der Waals surface area contributed by atoms with Gasteiger partial charge in [-0.1, -0.05) is 111 Å². The summed E-state index contributed by atoms with van der Waals surface area (Å²) in [5.41, 5.74) is 0.550. The van der Waals surface area contributed by atoms with Crippen LogP contribution in [-0.4, -0.2) is 48.4 Å². The lowest BCUT2D eigenvalue weighted by molar-refractivity contribution is 0.449. The van der Waals surface area contributed by atoms with Crippen molar-refractivity contribution >= 4 is 31.3 Å². The molecule has 0 fully saturated rings. The summed E-state index contributed by atoms with van der Waals surface area (Å²) in [5.74, 6) is -0.628. The summed E-state index contributed by atoms with van der Waals surface area (Å²) in [6.07, 6.45) is 10.8. The molecule has 1 heterocycles. The Balaban J connectivity index is 2.37. The largest absolute Gasteiger partial charge is 0.505 e. The zero-order valence-electron chi connectivity index (χ0n) is 24.9. The van der Waals surface area contributed by atoms with Crippen LogP contribution in [0.4, 0.5) is 11.6 Å². The fourth-order valence-corrected chi connectivity index (χ4v) is 6.86. The maximum atomic E-state index is 13.2. The Morgan fingerprint density at radius 2 is 1.15 bits per heavy atom. The monoisotopic (exact) mass is 596 g/mol. The van der Waals surface area contributed by atoms with Gasteiger partial charge in [-0.25, -0.2) is 16.8 Å². The summed E-state index contributed by atoms with van der Waals surface area (Å²) < 4.78 is 52.8. The SMILES string of the molecule is CCCCCCCCS(=O)(=O)c1nc(Nc2cccc(C(C)(C)C)c2O)nc(S(=O)(=O)CCCCCCCC)n1. The van der Waals surface area contributed by atoms with Gasteiger partial charge in [-0.3, -0.25) is 0 Å². The molecule has 0 radical (unpaired) electrons. The van der Waals surface area contributed by atoms with Crippen LogP contribution in [0.2, 0.25) is 0 Å². The van der Waals surface area contributed by atoms with E-state index in [2.05, 4.69) is 34.1 Å². The van der Waals surface area contributed by atoms with E-state index in [4.69, 9.17) is 0 Å². The normalized spacial score (nSPS) is 12.5. The lowest BCUT2D eigenvalue weighted by Crippen LogP contribution is -2.19. The molecule has 1 aromatic carbocycles. The molecule has 0 aliphatic rings. The van der Waals surface area contributed by atoms with Gasteiger partial charge in [-0.2, -0.15) is 15.0 Å². The Morgan fingerprint density at radius 1 is 0.700 bits per heavy atom. The number of aromatic hydroxyl groups is 1. The van der Waals surface area contributed by atoms with Crippen LogP contribution in [0.1, 0.15) is 117 Å². The molecule has 0 amide bonds. The van der Waals surface area contributed by atoms with Gasteiger partial charge >= 0.3 is 0 Å². The molecule has 0 saturated heterocycles. The van der Waals surface area contributed by atoms with Gasteiger partial charge in [0.1, 0.15) is 5.75 Å². The molecular weight excluding hydrogens is 548 g/mol. The Kier molecular flexibility index (Phi) is 13.3. The van der Waals surface area contributed by atoms with E-state index < -0.39 is 30.0 Å². The van der Waals surface area contributed by atoms with Gasteiger partial charge in [0.05, 0.1) is 17.2 Å². The quantitative estimate of drug-likeness (QED) is 0.139. The number of para-hydroxylation sites is 1. The number of unbranched alkanes of at least 4 members (excludes halogenated alkanes) is 10. The van der Waals surface area contributed by atoms with Gasteiger partial charge in [0, 0.05) is 5.56 Å². The van der Waals surface area contributed by atoms with Gasteiger partial charge in [-0.15, -0.1) is 0 Å². The van der Waals surface area contributed by atoms with E-state index in [1.165, 1.54) is 0 Å². The van der Waals surface area contributed by atoms with Gasteiger partial charge in [0.25, 0.3) is 10.3 Å². The number of nitrogens with one attached hydrogen (secondary N) is 1. The number of phenolic OH excluding ortho intramolecular Hbond substituents is 1. The van der Waals surface area contributed by atoms with E-state index in [-0.39, 0.29) is 34.3 Å². The smallest absolute Gasteiger partial charge is 0.253 e. The summed E-state index contributed by atoms with van der Waals surface area (Å²) >= 11 is 0. The van der Waals surface area contributed by atoms with Crippen LogP contribution in [0.15, 0.2) is 28.5 Å². The van der Waals surface area contributed by atoms with Gasteiger partial charge in [0.2, 0.25) is 25.6 Å². The molecule has 2 aromatic rings. The molecule has 0 unspecified atom stereocenters. The topological polar surface area (TPSA) is 139 Å². The molecule has 0 atom stereocenters. The molecule has 0 aliphatic carbocycles. The number of phenols is 1. The van der Waals surface area contributed by atoms with Gasteiger partial charge in [0.15, 0.2) is 0 Å². The summed E-state index contributed by atoms with van der Waals surface area (Å²) in [6.45, 7) is 10.1. The van der Waals surface area contributed by atoms with Crippen LogP contribution in [0.3, 0.4) is 0 Å². The lowest BCUT2D eigenvalue weighted by Gasteiger charge is -2.22. The highest BCUT2D eigenvalue weighted by Crippen LogP contribution is 2.37. The number of anilines is 2. The molecule has 0 saturated carbocycles. The number of rotatable bonds is 18. The average Bonchev–Trinajstić information content (AvgIpc) is 2.88. The summed E-state index contributed by atoms with van der Waals surface area (Å²) in [6, 6.07) is 5.14. The fourth-order valence-electron chi connectivity index (χ4n) is 4.37. The Hall–Kier alpha value is -2.27. The standard InChI is InChI=1S/C29H48N4O5S2/c1-6-8-10-12-14-16-21-39(35,36)27-31-26(30-24-20-18-19-23(25(24)34)29(3,4)5)32-28(33-27)40(37,38)22-17-15-13-11-9-7-2/h18-20,34H,6-17,21-22H2,1-5H3,(H,30,31,32,33). The molecule has 226 valence electrons. The van der Waals surface area contributed by atoms with Crippen molar-refractivity contribution in [2.45, 2.75) is 127 Å². The highest BCUT2D eigenvalue weighted by atomic mass is 32.2. The number of aromatic nitrogens is 3. The van der Waals surface area contributed by atoms with E-state index in [1.54, 1.807) is 18.2 Å². The van der Waals surface area contributed by atoms with E-state index in [0.29, 0.717) is 18.4 Å². The highest BCUT2D eigenvalue weighted by Gasteiger charge is 2.27. The molecule has 1 aromatic heterocycles. The summed E-state index contributed by atoms with van der Waals surface area (Å²) in [5, 5.41) is 12.6. The van der Waals surface area contributed by atoms with Gasteiger partial charge in [-0.05, 0) is 24.3 Å². The Morgan fingerprint density at radius 3 is 1.60 bits per heavy atom. The molecule has 40 heavy (non-hydrogen) atoms. The molecule has 9 nitrogen and oxygen atoms in total. The fraction of sp³-hybridized carbons (Fsp3) is 0.690. The summed E-state index contributed by atoms with van der Waals surface area (Å²) in [4.78, 5) is 12.2. The Bertz CT molecular complexity index is 1230. The molecule has 2 N–H and O–H groups in total. The third-order valence-corrected chi connectivity index (χ3v) is 9.90. The van der Waals surface area contributed by atoms with Crippen molar-refractivity contribution in [2.75, 3.05) is 16.8 Å². The molecule has 11 heteroatoms. The predicted molar refractivity (Wildman–Crippen MR) is 161 cm³/mol.